The standard InChI is InChI=1S/C16H13FN4O/c1-10-6-7-18-14(8-10)20-16(22)13-9-19-21-15(13)11-2-4-12(17)5-3-11/h2-9H,1H3,(H,19,21)(H,18,20,22). The molecule has 6 heteroatoms. The van der Waals surface area contributed by atoms with Crippen molar-refractivity contribution < 1.29 is 9.18 Å². The topological polar surface area (TPSA) is 70.7 Å². The van der Waals surface area contributed by atoms with Crippen LogP contribution in [0.1, 0.15) is 15.9 Å². The van der Waals surface area contributed by atoms with Gasteiger partial charge < -0.3 is 5.32 Å². The lowest BCUT2D eigenvalue weighted by Crippen LogP contribution is -2.13. The molecule has 1 amide bonds. The van der Waals surface area contributed by atoms with Crippen LogP contribution in [0.5, 0.6) is 0 Å². The van der Waals surface area contributed by atoms with E-state index >= 15 is 0 Å². The lowest BCUT2D eigenvalue weighted by molar-refractivity contribution is 0.102. The summed E-state index contributed by atoms with van der Waals surface area (Å²) in [6.07, 6.45) is 3.06. The first-order chi connectivity index (χ1) is 10.6. The molecule has 0 saturated carbocycles. The summed E-state index contributed by atoms with van der Waals surface area (Å²) in [5.41, 5.74) is 2.58. The van der Waals surface area contributed by atoms with Crippen LogP contribution in [0.4, 0.5) is 10.2 Å². The van der Waals surface area contributed by atoms with Crippen LogP contribution in [0.15, 0.2) is 48.8 Å². The number of aryl methyl sites for hydroxylation is 1. The zero-order chi connectivity index (χ0) is 15.5. The Bertz CT molecular complexity index is 811. The number of amides is 1. The third-order valence-electron chi connectivity index (χ3n) is 3.17. The molecule has 2 N–H and O–H groups in total. The highest BCUT2D eigenvalue weighted by Gasteiger charge is 2.16. The van der Waals surface area contributed by atoms with Crippen molar-refractivity contribution in [3.63, 3.8) is 0 Å². The van der Waals surface area contributed by atoms with Crippen molar-refractivity contribution in [3.05, 3.63) is 65.7 Å². The number of nitrogens with zero attached hydrogens (tertiary/aromatic N) is 2. The minimum Gasteiger partial charge on any atom is -0.306 e. The molecule has 3 aromatic rings. The van der Waals surface area contributed by atoms with E-state index in [1.165, 1.54) is 18.3 Å². The second-order valence-electron chi connectivity index (χ2n) is 4.84. The van der Waals surface area contributed by atoms with Crippen molar-refractivity contribution in [2.45, 2.75) is 6.92 Å². The predicted octanol–water partition coefficient (Wildman–Crippen LogP) is 3.17. The SMILES string of the molecule is Cc1ccnc(NC(=O)c2cn[nH]c2-c2ccc(F)cc2)c1. The van der Waals surface area contributed by atoms with Crippen molar-refractivity contribution in [1.82, 2.24) is 15.2 Å². The molecule has 1 aromatic carbocycles. The van der Waals surface area contributed by atoms with Crippen molar-refractivity contribution in [3.8, 4) is 11.3 Å². The molecule has 0 fully saturated rings. The van der Waals surface area contributed by atoms with Gasteiger partial charge in [-0.25, -0.2) is 9.37 Å². The highest BCUT2D eigenvalue weighted by atomic mass is 19.1. The van der Waals surface area contributed by atoms with Crippen molar-refractivity contribution in [2.75, 3.05) is 5.32 Å². The summed E-state index contributed by atoms with van der Waals surface area (Å²) < 4.78 is 13.0. The average Bonchev–Trinajstić information content (AvgIpc) is 2.97. The Kier molecular flexibility index (Phi) is 3.65. The number of aromatic nitrogens is 3. The molecule has 2 aromatic heterocycles. The Morgan fingerprint density at radius 3 is 2.73 bits per heavy atom. The van der Waals surface area contributed by atoms with E-state index in [9.17, 15) is 9.18 Å². The fraction of sp³-hybridized carbons (Fsp3) is 0.0625. The first-order valence-corrected chi connectivity index (χ1v) is 6.67. The van der Waals surface area contributed by atoms with E-state index in [4.69, 9.17) is 0 Å². The highest BCUT2D eigenvalue weighted by molar-refractivity contribution is 6.07. The highest BCUT2D eigenvalue weighted by Crippen LogP contribution is 2.22. The molecule has 0 aliphatic rings. The van der Waals surface area contributed by atoms with Gasteiger partial charge in [0.1, 0.15) is 11.6 Å². The van der Waals surface area contributed by atoms with Crippen LogP contribution in [0.2, 0.25) is 0 Å². The molecular weight excluding hydrogens is 283 g/mol. The Balaban J connectivity index is 1.88. The Hall–Kier alpha value is -3.02. The van der Waals surface area contributed by atoms with Gasteiger partial charge >= 0.3 is 0 Å². The number of nitrogens with one attached hydrogen (secondary N) is 2. The van der Waals surface area contributed by atoms with E-state index in [2.05, 4.69) is 20.5 Å². The van der Waals surface area contributed by atoms with Gasteiger partial charge in [0.2, 0.25) is 0 Å². The lowest BCUT2D eigenvalue weighted by atomic mass is 10.1. The van der Waals surface area contributed by atoms with Crippen LogP contribution < -0.4 is 5.32 Å². The fourth-order valence-corrected chi connectivity index (χ4v) is 2.08. The number of halogens is 1. The van der Waals surface area contributed by atoms with Gasteiger partial charge in [0, 0.05) is 11.8 Å². The summed E-state index contributed by atoms with van der Waals surface area (Å²) in [4.78, 5) is 16.5. The first-order valence-electron chi connectivity index (χ1n) is 6.67. The smallest absolute Gasteiger partial charge is 0.260 e. The third-order valence-corrected chi connectivity index (χ3v) is 3.17. The molecule has 0 saturated heterocycles. The molecule has 0 spiro atoms. The number of carbonyl (C=O) groups is 1. The molecule has 0 atom stereocenters. The van der Waals surface area contributed by atoms with Gasteiger partial charge in [0.05, 0.1) is 17.5 Å². The monoisotopic (exact) mass is 296 g/mol. The number of aromatic amines is 1. The van der Waals surface area contributed by atoms with Crippen molar-refractivity contribution in [2.24, 2.45) is 0 Å². The van der Waals surface area contributed by atoms with E-state index in [-0.39, 0.29) is 11.7 Å². The number of H-pyrrole nitrogens is 1. The van der Waals surface area contributed by atoms with Crippen LogP contribution in [0.25, 0.3) is 11.3 Å². The average molecular weight is 296 g/mol. The second kappa shape index (κ2) is 5.77. The fourth-order valence-electron chi connectivity index (χ4n) is 2.08. The number of rotatable bonds is 3. The summed E-state index contributed by atoms with van der Waals surface area (Å²) in [6.45, 7) is 1.92. The van der Waals surface area contributed by atoms with Crippen LogP contribution >= 0.6 is 0 Å². The third kappa shape index (κ3) is 2.85. The Morgan fingerprint density at radius 1 is 1.23 bits per heavy atom. The van der Waals surface area contributed by atoms with Crippen molar-refractivity contribution in [1.29, 1.82) is 0 Å². The normalized spacial score (nSPS) is 10.5. The van der Waals surface area contributed by atoms with Crippen LogP contribution in [0, 0.1) is 12.7 Å². The van der Waals surface area contributed by atoms with Gasteiger partial charge in [0.15, 0.2) is 0 Å². The number of anilines is 1. The predicted molar refractivity (Wildman–Crippen MR) is 80.9 cm³/mol. The van der Waals surface area contributed by atoms with Crippen LogP contribution in [-0.2, 0) is 0 Å². The second-order valence-corrected chi connectivity index (χ2v) is 4.84. The molecule has 0 aliphatic carbocycles. The van der Waals surface area contributed by atoms with Crippen LogP contribution in [0.3, 0.4) is 0 Å². The Labute approximate surface area is 126 Å². The van der Waals surface area contributed by atoms with E-state index < -0.39 is 0 Å². The Morgan fingerprint density at radius 2 is 2.00 bits per heavy atom. The molecule has 0 unspecified atom stereocenters. The molecule has 0 radical (unpaired) electrons. The maximum Gasteiger partial charge on any atom is 0.260 e. The molecule has 2 heterocycles. The molecule has 110 valence electrons. The quantitative estimate of drug-likeness (QED) is 0.780. The summed E-state index contributed by atoms with van der Waals surface area (Å²) >= 11 is 0. The van der Waals surface area contributed by atoms with E-state index in [1.54, 1.807) is 24.4 Å². The lowest BCUT2D eigenvalue weighted by Gasteiger charge is -2.06. The minimum atomic E-state index is -0.335. The van der Waals surface area contributed by atoms with E-state index in [0.717, 1.165) is 5.56 Å². The number of carbonyl (C=O) groups excluding carboxylic acids is 1. The van der Waals surface area contributed by atoms with Gasteiger partial charge in [0.25, 0.3) is 5.91 Å². The zero-order valence-corrected chi connectivity index (χ0v) is 11.8. The van der Waals surface area contributed by atoms with Gasteiger partial charge in [-0.15, -0.1) is 0 Å². The van der Waals surface area contributed by atoms with Gasteiger partial charge in [-0.2, -0.15) is 5.10 Å². The molecule has 0 bridgehead atoms. The van der Waals surface area contributed by atoms with E-state index in [0.29, 0.717) is 22.6 Å². The molecule has 5 nitrogen and oxygen atoms in total. The number of hydrogen-bond acceptors (Lipinski definition) is 3. The van der Waals surface area contributed by atoms with Gasteiger partial charge in [-0.05, 0) is 48.9 Å². The largest absolute Gasteiger partial charge is 0.306 e. The molecule has 0 aliphatic heterocycles. The summed E-state index contributed by atoms with van der Waals surface area (Å²) in [7, 11) is 0. The maximum atomic E-state index is 13.0. The zero-order valence-electron chi connectivity index (χ0n) is 11.8. The minimum absolute atomic E-state index is 0.328. The summed E-state index contributed by atoms with van der Waals surface area (Å²) in [6, 6.07) is 9.46. The first kappa shape index (κ1) is 13.9. The van der Waals surface area contributed by atoms with Gasteiger partial charge in [-0.3, -0.25) is 9.89 Å². The number of hydrogen-bond donors (Lipinski definition) is 2. The van der Waals surface area contributed by atoms with Crippen molar-refractivity contribution >= 4 is 11.7 Å². The summed E-state index contributed by atoms with van der Waals surface area (Å²) in [5.74, 6) is -0.194. The van der Waals surface area contributed by atoms with Crippen LogP contribution in [-0.4, -0.2) is 21.1 Å². The summed E-state index contributed by atoms with van der Waals surface area (Å²) in [5, 5.41) is 9.39. The molecule has 3 rings (SSSR count). The molecular formula is C16H13FN4O. The van der Waals surface area contributed by atoms with E-state index in [1.807, 2.05) is 13.0 Å². The van der Waals surface area contributed by atoms with Gasteiger partial charge in [-0.1, -0.05) is 0 Å². The molecule has 22 heavy (non-hydrogen) atoms. The number of benzene rings is 1. The maximum absolute atomic E-state index is 13.0. The number of pyridine rings is 1.